The quantitative estimate of drug-likeness (QED) is 0.661. The maximum Gasteiger partial charge on any atom is 0.249 e. The van der Waals surface area contributed by atoms with E-state index in [-0.39, 0.29) is 24.4 Å². The van der Waals surface area contributed by atoms with Gasteiger partial charge in [0.15, 0.2) is 11.6 Å². The van der Waals surface area contributed by atoms with Gasteiger partial charge in [-0.15, -0.1) is 5.10 Å². The maximum absolute atomic E-state index is 13.5. The number of nitrogens with zero attached hydrogens (tertiary/aromatic N) is 3. The van der Waals surface area contributed by atoms with E-state index in [1.807, 2.05) is 0 Å². The van der Waals surface area contributed by atoms with E-state index in [9.17, 15) is 18.4 Å². The first-order valence-corrected chi connectivity index (χ1v) is 7.65. The van der Waals surface area contributed by atoms with E-state index in [4.69, 9.17) is 0 Å². The average molecular weight is 357 g/mol. The van der Waals surface area contributed by atoms with Crippen LogP contribution in [0.3, 0.4) is 0 Å². The molecule has 3 aromatic rings. The Balaban J connectivity index is 1.56. The van der Waals surface area contributed by atoms with Crippen molar-refractivity contribution >= 4 is 17.6 Å². The summed E-state index contributed by atoms with van der Waals surface area (Å²) in [6.07, 6.45) is 1.17. The lowest BCUT2D eigenvalue weighted by atomic mass is 10.1. The van der Waals surface area contributed by atoms with E-state index in [0.29, 0.717) is 17.6 Å². The number of Topliss-reactive ketones (excluding diaryl/α,β-unsaturated/α-hetero) is 1. The number of benzene rings is 1. The fraction of sp³-hybridized carbons (Fsp3) is 0.118. The van der Waals surface area contributed by atoms with Gasteiger partial charge in [0.1, 0.15) is 17.3 Å². The summed E-state index contributed by atoms with van der Waals surface area (Å²) in [4.78, 5) is 32.0. The van der Waals surface area contributed by atoms with Gasteiger partial charge in [-0.1, -0.05) is 6.07 Å². The summed E-state index contributed by atoms with van der Waals surface area (Å²) < 4.78 is 26.4. The SMILES string of the molecule is O=C(CCC(=O)c1ccc(F)cc1F)Nc1n[nH]c(-c2ccccn2)n1. The van der Waals surface area contributed by atoms with Crippen molar-refractivity contribution in [2.45, 2.75) is 12.8 Å². The van der Waals surface area contributed by atoms with E-state index in [1.165, 1.54) is 0 Å². The monoisotopic (exact) mass is 357 g/mol. The molecule has 7 nitrogen and oxygen atoms in total. The fourth-order valence-electron chi connectivity index (χ4n) is 2.20. The predicted molar refractivity (Wildman–Crippen MR) is 88.2 cm³/mol. The highest BCUT2D eigenvalue weighted by Crippen LogP contribution is 2.14. The first-order valence-electron chi connectivity index (χ1n) is 7.65. The molecule has 0 aliphatic rings. The molecule has 0 aliphatic heterocycles. The number of ketones is 1. The molecule has 0 saturated heterocycles. The Morgan fingerprint density at radius 1 is 1.12 bits per heavy atom. The molecule has 2 aromatic heterocycles. The van der Waals surface area contributed by atoms with E-state index >= 15 is 0 Å². The zero-order valence-electron chi connectivity index (χ0n) is 13.4. The summed E-state index contributed by atoms with van der Waals surface area (Å²) in [6.45, 7) is 0. The second-order valence-electron chi connectivity index (χ2n) is 5.32. The third-order valence-corrected chi connectivity index (χ3v) is 3.45. The molecule has 1 aromatic carbocycles. The molecular weight excluding hydrogens is 344 g/mol. The van der Waals surface area contributed by atoms with Crippen molar-refractivity contribution in [3.63, 3.8) is 0 Å². The standard InChI is InChI=1S/C17H13F2N5O2/c18-10-4-5-11(12(19)9-10)14(25)6-7-15(26)21-17-22-16(23-24-17)13-3-1-2-8-20-13/h1-5,8-9H,6-7H2,(H2,21,22,23,24,26). The summed E-state index contributed by atoms with van der Waals surface area (Å²) in [6, 6.07) is 7.93. The largest absolute Gasteiger partial charge is 0.294 e. The van der Waals surface area contributed by atoms with Crippen LogP contribution in [0.4, 0.5) is 14.7 Å². The molecule has 132 valence electrons. The van der Waals surface area contributed by atoms with E-state index in [1.54, 1.807) is 24.4 Å². The van der Waals surface area contributed by atoms with Crippen molar-refractivity contribution in [1.29, 1.82) is 0 Å². The van der Waals surface area contributed by atoms with Crippen LogP contribution in [0.5, 0.6) is 0 Å². The number of halogens is 2. The van der Waals surface area contributed by atoms with E-state index < -0.39 is 23.3 Å². The number of anilines is 1. The zero-order chi connectivity index (χ0) is 18.5. The van der Waals surface area contributed by atoms with Crippen molar-refractivity contribution in [2.75, 3.05) is 5.32 Å². The summed E-state index contributed by atoms with van der Waals surface area (Å²) >= 11 is 0. The second kappa shape index (κ2) is 7.60. The Morgan fingerprint density at radius 3 is 2.69 bits per heavy atom. The van der Waals surface area contributed by atoms with Gasteiger partial charge in [0.05, 0.1) is 5.56 Å². The number of rotatable bonds is 6. The molecule has 0 spiro atoms. The highest BCUT2D eigenvalue weighted by atomic mass is 19.1. The fourth-order valence-corrected chi connectivity index (χ4v) is 2.20. The molecule has 2 heterocycles. The molecule has 3 rings (SSSR count). The van der Waals surface area contributed by atoms with Crippen LogP contribution in [-0.2, 0) is 4.79 Å². The number of amides is 1. The second-order valence-corrected chi connectivity index (χ2v) is 5.32. The van der Waals surface area contributed by atoms with Crippen LogP contribution < -0.4 is 5.32 Å². The third kappa shape index (κ3) is 4.12. The van der Waals surface area contributed by atoms with Gasteiger partial charge in [-0.25, -0.2) is 8.78 Å². The Bertz CT molecular complexity index is 943. The van der Waals surface area contributed by atoms with Crippen LogP contribution >= 0.6 is 0 Å². The van der Waals surface area contributed by atoms with E-state index in [2.05, 4.69) is 25.5 Å². The predicted octanol–water partition coefficient (Wildman–Crippen LogP) is 2.75. The van der Waals surface area contributed by atoms with Gasteiger partial charge in [0.25, 0.3) is 0 Å². The molecule has 0 fully saturated rings. The maximum atomic E-state index is 13.5. The normalized spacial score (nSPS) is 10.5. The lowest BCUT2D eigenvalue weighted by molar-refractivity contribution is -0.116. The van der Waals surface area contributed by atoms with Gasteiger partial charge in [-0.2, -0.15) is 4.98 Å². The molecule has 0 saturated carbocycles. The van der Waals surface area contributed by atoms with Gasteiger partial charge in [0.2, 0.25) is 11.9 Å². The number of hydrogen-bond acceptors (Lipinski definition) is 5. The minimum Gasteiger partial charge on any atom is -0.294 e. The van der Waals surface area contributed by atoms with Gasteiger partial charge in [-0.05, 0) is 24.3 Å². The highest BCUT2D eigenvalue weighted by molar-refractivity contribution is 5.99. The minimum absolute atomic E-state index is 0.0380. The lowest BCUT2D eigenvalue weighted by Gasteiger charge is -2.03. The molecule has 0 atom stereocenters. The summed E-state index contributed by atoms with van der Waals surface area (Å²) in [5.74, 6) is -2.41. The van der Waals surface area contributed by atoms with Gasteiger partial charge in [-0.3, -0.25) is 25.0 Å². The third-order valence-electron chi connectivity index (χ3n) is 3.45. The number of carbonyl (C=O) groups is 2. The number of carbonyl (C=O) groups excluding carboxylic acids is 2. The van der Waals surface area contributed by atoms with Crippen LogP contribution in [0.15, 0.2) is 42.6 Å². The molecular formula is C17H13F2N5O2. The van der Waals surface area contributed by atoms with Gasteiger partial charge in [0, 0.05) is 25.1 Å². The highest BCUT2D eigenvalue weighted by Gasteiger charge is 2.15. The molecule has 9 heteroatoms. The van der Waals surface area contributed by atoms with Crippen LogP contribution in [0.25, 0.3) is 11.5 Å². The van der Waals surface area contributed by atoms with Crippen molar-refractivity contribution in [3.8, 4) is 11.5 Å². The smallest absolute Gasteiger partial charge is 0.249 e. The minimum atomic E-state index is -0.954. The number of aromatic amines is 1. The van der Waals surface area contributed by atoms with Gasteiger partial charge >= 0.3 is 0 Å². The number of H-pyrrole nitrogens is 1. The summed E-state index contributed by atoms with van der Waals surface area (Å²) in [5.41, 5.74) is 0.303. The molecule has 0 bridgehead atoms. The Morgan fingerprint density at radius 2 is 1.96 bits per heavy atom. The molecule has 1 amide bonds. The van der Waals surface area contributed by atoms with Crippen molar-refractivity contribution in [2.24, 2.45) is 0 Å². The van der Waals surface area contributed by atoms with Crippen LogP contribution in [0.1, 0.15) is 23.2 Å². The number of pyridine rings is 1. The molecule has 0 radical (unpaired) electrons. The topological polar surface area (TPSA) is 101 Å². The van der Waals surface area contributed by atoms with Gasteiger partial charge < -0.3 is 0 Å². The van der Waals surface area contributed by atoms with E-state index in [0.717, 1.165) is 12.1 Å². The van der Waals surface area contributed by atoms with Crippen molar-refractivity contribution < 1.29 is 18.4 Å². The van der Waals surface area contributed by atoms with Crippen molar-refractivity contribution in [1.82, 2.24) is 20.2 Å². The summed E-state index contributed by atoms with van der Waals surface area (Å²) in [7, 11) is 0. The molecule has 26 heavy (non-hydrogen) atoms. The number of aromatic nitrogens is 4. The molecule has 0 aliphatic carbocycles. The first-order chi connectivity index (χ1) is 12.5. The van der Waals surface area contributed by atoms with Crippen LogP contribution in [-0.4, -0.2) is 31.9 Å². The molecule has 2 N–H and O–H groups in total. The van der Waals surface area contributed by atoms with Crippen molar-refractivity contribution in [3.05, 3.63) is 59.8 Å². The Hall–Kier alpha value is -3.49. The first kappa shape index (κ1) is 17.3. The van der Waals surface area contributed by atoms with Crippen LogP contribution in [0.2, 0.25) is 0 Å². The average Bonchev–Trinajstić information content (AvgIpc) is 3.09. The lowest BCUT2D eigenvalue weighted by Crippen LogP contribution is -2.15. The number of hydrogen-bond donors (Lipinski definition) is 2. The molecule has 0 unspecified atom stereocenters. The Kier molecular flexibility index (Phi) is 5.07. The Labute approximate surface area is 146 Å². The van der Waals surface area contributed by atoms with Crippen LogP contribution in [0, 0.1) is 11.6 Å². The number of nitrogens with one attached hydrogen (secondary N) is 2. The zero-order valence-corrected chi connectivity index (χ0v) is 13.4. The summed E-state index contributed by atoms with van der Waals surface area (Å²) in [5, 5.41) is 8.92.